The summed E-state index contributed by atoms with van der Waals surface area (Å²) >= 11 is 0. The number of pyridine rings is 1. The summed E-state index contributed by atoms with van der Waals surface area (Å²) in [6, 6.07) is 3.92. The summed E-state index contributed by atoms with van der Waals surface area (Å²) in [5.74, 6) is 0. The lowest BCUT2D eigenvalue weighted by Gasteiger charge is -2.12. The van der Waals surface area contributed by atoms with Crippen LogP contribution in [-0.4, -0.2) is 19.5 Å². The molecule has 0 radical (unpaired) electrons. The number of hydrogen-bond donors (Lipinski definition) is 2. The van der Waals surface area contributed by atoms with Gasteiger partial charge in [0.15, 0.2) is 0 Å². The summed E-state index contributed by atoms with van der Waals surface area (Å²) in [5, 5.41) is 1.65. The van der Waals surface area contributed by atoms with Crippen LogP contribution < -0.4 is 16.4 Å². The number of imidazole rings is 1. The van der Waals surface area contributed by atoms with Crippen molar-refractivity contribution < 1.29 is 0 Å². The third kappa shape index (κ3) is 2.42. The lowest BCUT2D eigenvalue weighted by Crippen LogP contribution is -2.29. The minimum atomic E-state index is 0.0244. The molecule has 0 bridgehead atoms. The predicted molar refractivity (Wildman–Crippen MR) is 91.4 cm³/mol. The lowest BCUT2D eigenvalue weighted by molar-refractivity contribution is 0.635. The Kier molecular flexibility index (Phi) is 3.41. The first-order valence-corrected chi connectivity index (χ1v) is 8.15. The van der Waals surface area contributed by atoms with Crippen LogP contribution in [0.4, 0.5) is 0 Å². The molecule has 1 aliphatic carbocycles. The van der Waals surface area contributed by atoms with Crippen LogP contribution in [-0.2, 0) is 7.05 Å². The summed E-state index contributed by atoms with van der Waals surface area (Å²) in [6.07, 6.45) is 11.5. The van der Waals surface area contributed by atoms with Gasteiger partial charge in [0.25, 0.3) is 5.56 Å². The lowest BCUT2D eigenvalue weighted by atomic mass is 9.95. The highest BCUT2D eigenvalue weighted by Gasteiger charge is 2.10. The van der Waals surface area contributed by atoms with Crippen molar-refractivity contribution in [3.8, 4) is 0 Å². The molecule has 0 spiro atoms. The van der Waals surface area contributed by atoms with Crippen molar-refractivity contribution in [2.45, 2.75) is 32.1 Å². The number of hydrogen-bond acceptors (Lipinski definition) is 2. The number of fused-ring (bicyclic) bond motifs is 1. The monoisotopic (exact) mass is 308 g/mol. The molecule has 0 aromatic carbocycles. The molecule has 3 heterocycles. The molecule has 0 saturated heterocycles. The van der Waals surface area contributed by atoms with E-state index < -0.39 is 0 Å². The zero-order valence-electron chi connectivity index (χ0n) is 13.2. The molecule has 0 amide bonds. The molecule has 1 fully saturated rings. The minimum absolute atomic E-state index is 0.0244. The molecule has 1 saturated carbocycles. The fourth-order valence-electron chi connectivity index (χ4n) is 3.44. The first kappa shape index (κ1) is 14.1. The van der Waals surface area contributed by atoms with Crippen molar-refractivity contribution in [3.63, 3.8) is 0 Å². The van der Waals surface area contributed by atoms with E-state index in [1.54, 1.807) is 10.8 Å². The van der Waals surface area contributed by atoms with Crippen LogP contribution in [0, 0.1) is 0 Å². The maximum absolute atomic E-state index is 12.6. The fraction of sp³-hybridized carbons (Fsp3) is 0.333. The molecule has 118 valence electrons. The van der Waals surface area contributed by atoms with E-state index in [-0.39, 0.29) is 5.56 Å². The molecule has 5 heteroatoms. The Bertz CT molecular complexity index is 1030. The van der Waals surface area contributed by atoms with E-state index in [1.165, 1.54) is 24.8 Å². The summed E-state index contributed by atoms with van der Waals surface area (Å²) in [5.41, 5.74) is 4.20. The second-order valence-corrected chi connectivity index (χ2v) is 6.20. The van der Waals surface area contributed by atoms with E-state index in [0.717, 1.165) is 34.9 Å². The van der Waals surface area contributed by atoms with Gasteiger partial charge in [0.05, 0.1) is 0 Å². The number of rotatable bonds is 1. The molecule has 0 atom stereocenters. The zero-order chi connectivity index (χ0) is 15.8. The van der Waals surface area contributed by atoms with Gasteiger partial charge in [0, 0.05) is 30.4 Å². The average Bonchev–Trinajstić information content (AvgIpc) is 3.13. The Morgan fingerprint density at radius 1 is 1.26 bits per heavy atom. The molecule has 1 aliphatic rings. The smallest absolute Gasteiger partial charge is 0.275 e. The Morgan fingerprint density at radius 2 is 2.09 bits per heavy atom. The average molecular weight is 308 g/mol. The highest BCUT2D eigenvalue weighted by Crippen LogP contribution is 2.22. The van der Waals surface area contributed by atoms with Crippen molar-refractivity contribution in [2.24, 2.45) is 7.05 Å². The number of aromatic amines is 2. The molecular formula is C18H20N4O. The molecule has 23 heavy (non-hydrogen) atoms. The fourth-order valence-corrected chi connectivity index (χ4v) is 3.44. The number of nitrogens with zero attached hydrogens (tertiary/aromatic N) is 2. The van der Waals surface area contributed by atoms with Crippen molar-refractivity contribution in [1.29, 1.82) is 0 Å². The summed E-state index contributed by atoms with van der Waals surface area (Å²) in [4.78, 5) is 23.3. The Labute approximate surface area is 133 Å². The molecule has 3 aromatic heterocycles. The van der Waals surface area contributed by atoms with Gasteiger partial charge in [-0.2, -0.15) is 0 Å². The molecule has 4 rings (SSSR count). The highest BCUT2D eigenvalue weighted by atomic mass is 16.1. The molecule has 0 aliphatic heterocycles. The zero-order valence-corrected chi connectivity index (χ0v) is 13.2. The van der Waals surface area contributed by atoms with Crippen LogP contribution in [0.1, 0.15) is 37.7 Å². The topological polar surface area (TPSA) is 66.5 Å². The van der Waals surface area contributed by atoms with Crippen molar-refractivity contribution in [3.05, 3.63) is 51.3 Å². The SMILES string of the molecule is Cn1c(=C2CCCCC2)[nH]c(=Cc2c[nH]c3ncccc23)c1=O. The third-order valence-electron chi connectivity index (χ3n) is 4.70. The Morgan fingerprint density at radius 3 is 2.91 bits per heavy atom. The van der Waals surface area contributed by atoms with E-state index in [4.69, 9.17) is 0 Å². The van der Waals surface area contributed by atoms with Gasteiger partial charge in [-0.3, -0.25) is 9.36 Å². The van der Waals surface area contributed by atoms with Crippen LogP contribution in [0.25, 0.3) is 22.7 Å². The minimum Gasteiger partial charge on any atom is -0.346 e. The highest BCUT2D eigenvalue weighted by molar-refractivity contribution is 5.85. The van der Waals surface area contributed by atoms with Gasteiger partial charge >= 0.3 is 0 Å². The summed E-state index contributed by atoms with van der Waals surface area (Å²) in [6.45, 7) is 0. The van der Waals surface area contributed by atoms with Gasteiger partial charge in [-0.1, -0.05) is 6.42 Å². The predicted octanol–water partition coefficient (Wildman–Crippen LogP) is 1.53. The molecule has 0 unspecified atom stereocenters. The maximum Gasteiger partial charge on any atom is 0.275 e. The first-order valence-electron chi connectivity index (χ1n) is 8.15. The van der Waals surface area contributed by atoms with Crippen LogP contribution in [0.3, 0.4) is 0 Å². The normalized spacial score (nSPS) is 16.4. The Hall–Kier alpha value is -2.56. The number of nitrogens with one attached hydrogen (secondary N) is 2. The summed E-state index contributed by atoms with van der Waals surface area (Å²) < 4.78 is 1.75. The standard InChI is InChI=1S/C18H20N4O/c1-22-17(12-6-3-2-4-7-12)21-15(18(22)23)10-13-11-20-16-14(13)8-5-9-19-16/h5,8-11,21H,2-4,6-7H2,1H3,(H,19,20). The van der Waals surface area contributed by atoms with Crippen LogP contribution >= 0.6 is 0 Å². The molecule has 2 N–H and O–H groups in total. The largest absolute Gasteiger partial charge is 0.346 e. The van der Waals surface area contributed by atoms with E-state index in [0.29, 0.717) is 5.35 Å². The van der Waals surface area contributed by atoms with Gasteiger partial charge < -0.3 is 9.97 Å². The van der Waals surface area contributed by atoms with Gasteiger partial charge in [-0.25, -0.2) is 4.98 Å². The maximum atomic E-state index is 12.6. The van der Waals surface area contributed by atoms with Gasteiger partial charge in [-0.05, 0) is 49.5 Å². The molecule has 3 aromatic rings. The van der Waals surface area contributed by atoms with Crippen LogP contribution in [0.2, 0.25) is 0 Å². The molecule has 5 nitrogen and oxygen atoms in total. The van der Waals surface area contributed by atoms with E-state index >= 15 is 0 Å². The second-order valence-electron chi connectivity index (χ2n) is 6.20. The van der Waals surface area contributed by atoms with Crippen LogP contribution in [0.5, 0.6) is 0 Å². The second kappa shape index (κ2) is 5.57. The quantitative estimate of drug-likeness (QED) is 0.716. The first-order chi connectivity index (χ1) is 11.2. The van der Waals surface area contributed by atoms with Crippen molar-refractivity contribution >= 4 is 22.7 Å². The Balaban J connectivity index is 1.91. The van der Waals surface area contributed by atoms with E-state index in [2.05, 4.69) is 15.0 Å². The van der Waals surface area contributed by atoms with Gasteiger partial charge in [0.2, 0.25) is 0 Å². The number of H-pyrrole nitrogens is 2. The van der Waals surface area contributed by atoms with Gasteiger partial charge in [-0.15, -0.1) is 0 Å². The van der Waals surface area contributed by atoms with E-state index in [9.17, 15) is 4.79 Å². The van der Waals surface area contributed by atoms with Crippen molar-refractivity contribution in [1.82, 2.24) is 19.5 Å². The number of aromatic nitrogens is 4. The third-order valence-corrected chi connectivity index (χ3v) is 4.70. The van der Waals surface area contributed by atoms with Crippen LogP contribution in [0.15, 0.2) is 29.3 Å². The van der Waals surface area contributed by atoms with E-state index in [1.807, 2.05) is 31.5 Å². The van der Waals surface area contributed by atoms with Crippen molar-refractivity contribution in [2.75, 3.05) is 0 Å². The summed E-state index contributed by atoms with van der Waals surface area (Å²) in [7, 11) is 1.85. The van der Waals surface area contributed by atoms with Gasteiger partial charge in [0.1, 0.15) is 16.5 Å². The molecular weight excluding hydrogens is 288 g/mol.